The number of aromatic nitrogens is 1. The highest BCUT2D eigenvalue weighted by molar-refractivity contribution is 6.05. The summed E-state index contributed by atoms with van der Waals surface area (Å²) in [6.45, 7) is 6.91. The van der Waals surface area contributed by atoms with Crippen molar-refractivity contribution < 1.29 is 14.0 Å². The number of likely N-dealkylation sites (N-methyl/N-ethyl adjacent to an activating group) is 1. The van der Waals surface area contributed by atoms with Gasteiger partial charge in [0, 0.05) is 37.8 Å². The zero-order valence-corrected chi connectivity index (χ0v) is 18.3. The SMILES string of the molecule is C[C@H]1CN(C)C(=O)[C@H](C)N1c1nc2c(C(=O)NC3CC45CCN4CCC35)cccc2o1. The average Bonchev–Trinajstić information content (AvgIpc) is 3.21. The molecule has 0 bridgehead atoms. The number of fused-ring (bicyclic) bond motifs is 1. The van der Waals surface area contributed by atoms with Crippen molar-refractivity contribution in [3.63, 3.8) is 0 Å². The van der Waals surface area contributed by atoms with Gasteiger partial charge in [-0.3, -0.25) is 14.5 Å². The number of rotatable bonds is 3. The van der Waals surface area contributed by atoms with Crippen molar-refractivity contribution in [3.8, 4) is 0 Å². The lowest BCUT2D eigenvalue weighted by Crippen LogP contribution is -2.72. The smallest absolute Gasteiger partial charge is 0.299 e. The van der Waals surface area contributed by atoms with Gasteiger partial charge < -0.3 is 19.5 Å². The van der Waals surface area contributed by atoms with Gasteiger partial charge in [-0.1, -0.05) is 6.07 Å². The number of anilines is 1. The lowest BCUT2D eigenvalue weighted by molar-refractivity contribution is -0.133. The van der Waals surface area contributed by atoms with E-state index in [-0.39, 0.29) is 29.9 Å². The molecule has 2 amide bonds. The Bertz CT molecular complexity index is 1080. The molecule has 1 N–H and O–H groups in total. The molecule has 3 aliphatic heterocycles. The minimum Gasteiger partial charge on any atom is -0.423 e. The average molecular weight is 424 g/mol. The summed E-state index contributed by atoms with van der Waals surface area (Å²) in [4.78, 5) is 36.6. The predicted molar refractivity (Wildman–Crippen MR) is 116 cm³/mol. The number of oxazole rings is 1. The first kappa shape index (κ1) is 19.1. The molecule has 6 rings (SSSR count). The Kier molecular flexibility index (Phi) is 3.97. The fourth-order valence-corrected chi connectivity index (χ4v) is 6.57. The Morgan fingerprint density at radius 1 is 1.29 bits per heavy atom. The normalized spacial score (nSPS) is 34.9. The molecule has 8 heteroatoms. The topological polar surface area (TPSA) is 81.9 Å². The summed E-state index contributed by atoms with van der Waals surface area (Å²) in [5.41, 5.74) is 2.05. The van der Waals surface area contributed by atoms with Gasteiger partial charge in [-0.25, -0.2) is 0 Å². The number of nitrogens with zero attached hydrogens (tertiary/aromatic N) is 4. The largest absolute Gasteiger partial charge is 0.423 e. The minimum atomic E-state index is -0.363. The molecule has 31 heavy (non-hydrogen) atoms. The van der Waals surface area contributed by atoms with Crippen LogP contribution < -0.4 is 10.2 Å². The molecule has 3 unspecified atom stereocenters. The maximum Gasteiger partial charge on any atom is 0.299 e. The number of nitrogens with one attached hydrogen (secondary N) is 1. The molecule has 4 heterocycles. The number of piperazine rings is 1. The standard InChI is InChI=1S/C23H29N5O3/c1-13-12-26(3)21(30)14(2)28(13)22-25-19-15(5-4-6-18(19)31-22)20(29)24-17-11-23-8-10-27(23)9-7-16(17)23/h4-6,13-14,16-17H,7-12H2,1-3H3,(H,24,29)/t13-,14-,16?,17?,23?/m0/s1. The van der Waals surface area contributed by atoms with E-state index in [0.29, 0.717) is 40.7 Å². The molecule has 4 aliphatic rings. The molecule has 5 atom stereocenters. The monoisotopic (exact) mass is 423 g/mol. The number of amides is 2. The van der Waals surface area contributed by atoms with Crippen molar-refractivity contribution in [1.82, 2.24) is 20.1 Å². The Labute approximate surface area is 181 Å². The highest BCUT2D eigenvalue weighted by atomic mass is 16.4. The van der Waals surface area contributed by atoms with Crippen LogP contribution in [0.3, 0.4) is 0 Å². The summed E-state index contributed by atoms with van der Waals surface area (Å²) in [5, 5.41) is 3.27. The Morgan fingerprint density at radius 2 is 2.13 bits per heavy atom. The Hall–Kier alpha value is -2.61. The second kappa shape index (κ2) is 6.45. The predicted octanol–water partition coefficient (Wildman–Crippen LogP) is 1.85. The van der Waals surface area contributed by atoms with Gasteiger partial charge in [0.25, 0.3) is 11.9 Å². The van der Waals surface area contributed by atoms with E-state index in [1.165, 1.54) is 25.9 Å². The highest BCUT2D eigenvalue weighted by Gasteiger charge is 2.64. The van der Waals surface area contributed by atoms with Crippen LogP contribution in [0.1, 0.15) is 43.5 Å². The van der Waals surface area contributed by atoms with Crippen molar-refractivity contribution in [2.75, 3.05) is 31.6 Å². The number of para-hydroxylation sites is 1. The van der Waals surface area contributed by atoms with E-state index < -0.39 is 0 Å². The molecule has 1 aromatic carbocycles. The number of carbonyl (C=O) groups is 2. The quantitative estimate of drug-likeness (QED) is 0.812. The lowest BCUT2D eigenvalue weighted by Gasteiger charge is -2.61. The van der Waals surface area contributed by atoms with Crippen molar-refractivity contribution in [2.45, 2.75) is 56.8 Å². The van der Waals surface area contributed by atoms with Crippen molar-refractivity contribution >= 4 is 28.9 Å². The first-order valence-corrected chi connectivity index (χ1v) is 11.4. The summed E-state index contributed by atoms with van der Waals surface area (Å²) >= 11 is 0. The molecule has 3 saturated heterocycles. The zero-order valence-electron chi connectivity index (χ0n) is 18.3. The maximum absolute atomic E-state index is 13.2. The van der Waals surface area contributed by atoms with E-state index in [1.807, 2.05) is 37.1 Å². The van der Waals surface area contributed by atoms with E-state index in [4.69, 9.17) is 9.40 Å². The van der Waals surface area contributed by atoms with E-state index in [9.17, 15) is 9.59 Å². The fraction of sp³-hybridized carbons (Fsp3) is 0.609. The number of benzene rings is 1. The number of hydrogen-bond donors (Lipinski definition) is 1. The highest BCUT2D eigenvalue weighted by Crippen LogP contribution is 2.57. The van der Waals surface area contributed by atoms with Gasteiger partial charge in [0.15, 0.2) is 5.58 Å². The Morgan fingerprint density at radius 3 is 2.90 bits per heavy atom. The van der Waals surface area contributed by atoms with Gasteiger partial charge in [0.05, 0.1) is 5.56 Å². The van der Waals surface area contributed by atoms with Gasteiger partial charge in [0.1, 0.15) is 11.6 Å². The molecule has 4 fully saturated rings. The molecule has 1 aromatic heterocycles. The van der Waals surface area contributed by atoms with Crippen LogP contribution in [-0.4, -0.2) is 76.9 Å². The van der Waals surface area contributed by atoms with E-state index >= 15 is 0 Å². The van der Waals surface area contributed by atoms with E-state index in [0.717, 1.165) is 6.42 Å². The second-order valence-corrected chi connectivity index (χ2v) is 9.82. The van der Waals surface area contributed by atoms with Crippen LogP contribution in [0.25, 0.3) is 11.1 Å². The van der Waals surface area contributed by atoms with Crippen LogP contribution in [0.5, 0.6) is 0 Å². The van der Waals surface area contributed by atoms with Crippen molar-refractivity contribution in [3.05, 3.63) is 23.8 Å². The molecule has 8 nitrogen and oxygen atoms in total. The molecular weight excluding hydrogens is 394 g/mol. The van der Waals surface area contributed by atoms with Crippen LogP contribution >= 0.6 is 0 Å². The zero-order chi connectivity index (χ0) is 21.5. The minimum absolute atomic E-state index is 0.0406. The maximum atomic E-state index is 13.2. The Balaban J connectivity index is 1.26. The molecule has 1 spiro atoms. The number of carbonyl (C=O) groups excluding carboxylic acids is 2. The molecule has 0 radical (unpaired) electrons. The molecule has 1 saturated carbocycles. The van der Waals surface area contributed by atoms with Crippen LogP contribution in [-0.2, 0) is 4.79 Å². The summed E-state index contributed by atoms with van der Waals surface area (Å²) in [5.74, 6) is 0.535. The van der Waals surface area contributed by atoms with E-state index in [2.05, 4.69) is 17.1 Å². The molecule has 1 aliphatic carbocycles. The van der Waals surface area contributed by atoms with Crippen molar-refractivity contribution in [1.29, 1.82) is 0 Å². The first-order chi connectivity index (χ1) is 14.9. The van der Waals surface area contributed by atoms with Gasteiger partial charge in [0.2, 0.25) is 5.91 Å². The summed E-state index contributed by atoms with van der Waals surface area (Å²) < 4.78 is 6.03. The summed E-state index contributed by atoms with van der Waals surface area (Å²) in [6, 6.07) is 5.83. The van der Waals surface area contributed by atoms with Crippen molar-refractivity contribution in [2.24, 2.45) is 5.92 Å². The fourth-order valence-electron chi connectivity index (χ4n) is 6.57. The summed E-state index contributed by atoms with van der Waals surface area (Å²) in [6.07, 6.45) is 3.50. The lowest BCUT2D eigenvalue weighted by atomic mass is 9.58. The van der Waals surface area contributed by atoms with Crippen LogP contribution in [0, 0.1) is 5.92 Å². The van der Waals surface area contributed by atoms with Crippen LogP contribution in [0.2, 0.25) is 0 Å². The van der Waals surface area contributed by atoms with Crippen LogP contribution in [0.15, 0.2) is 22.6 Å². The van der Waals surface area contributed by atoms with E-state index in [1.54, 1.807) is 4.90 Å². The van der Waals surface area contributed by atoms with Gasteiger partial charge in [-0.05, 0) is 57.7 Å². The summed E-state index contributed by atoms with van der Waals surface area (Å²) in [7, 11) is 1.82. The number of hydrogen-bond acceptors (Lipinski definition) is 6. The second-order valence-electron chi connectivity index (χ2n) is 9.82. The van der Waals surface area contributed by atoms with Gasteiger partial charge >= 0.3 is 0 Å². The molecule has 164 valence electrons. The first-order valence-electron chi connectivity index (χ1n) is 11.4. The third kappa shape index (κ3) is 2.54. The van der Waals surface area contributed by atoms with Gasteiger partial charge in [-0.15, -0.1) is 0 Å². The molecule has 2 aromatic rings. The van der Waals surface area contributed by atoms with Gasteiger partial charge in [-0.2, -0.15) is 4.98 Å². The molecular formula is C23H29N5O3. The third-order valence-corrected chi connectivity index (χ3v) is 8.26. The van der Waals surface area contributed by atoms with Crippen LogP contribution in [0.4, 0.5) is 6.01 Å². The third-order valence-electron chi connectivity index (χ3n) is 8.26.